The van der Waals surface area contributed by atoms with Crippen molar-refractivity contribution in [3.05, 3.63) is 71.5 Å². The predicted octanol–water partition coefficient (Wildman–Crippen LogP) is 1.46. The molecule has 11 heteroatoms. The highest BCUT2D eigenvalue weighted by atomic mass is 16.5. The highest BCUT2D eigenvalue weighted by molar-refractivity contribution is 5.95. The van der Waals surface area contributed by atoms with Gasteiger partial charge in [0.05, 0.1) is 19.7 Å². The van der Waals surface area contributed by atoms with Gasteiger partial charge < -0.3 is 29.7 Å². The first-order valence-corrected chi connectivity index (χ1v) is 12.8. The third kappa shape index (κ3) is 6.14. The molecule has 0 unspecified atom stereocenters. The van der Waals surface area contributed by atoms with Crippen molar-refractivity contribution in [2.24, 2.45) is 7.05 Å². The Hall–Kier alpha value is -4.54. The van der Waals surface area contributed by atoms with E-state index in [1.165, 1.54) is 13.2 Å². The summed E-state index contributed by atoms with van der Waals surface area (Å²) in [4.78, 5) is 40.5. The van der Waals surface area contributed by atoms with Gasteiger partial charge in [-0.1, -0.05) is 12.1 Å². The lowest BCUT2D eigenvalue weighted by Crippen LogP contribution is -2.45. The number of aromatic nitrogens is 2. The quantitative estimate of drug-likeness (QED) is 0.520. The van der Waals surface area contributed by atoms with E-state index in [4.69, 9.17) is 14.2 Å². The Morgan fingerprint density at radius 2 is 1.95 bits per heavy atom. The highest BCUT2D eigenvalue weighted by Gasteiger charge is 2.38. The molecule has 0 aliphatic carbocycles. The first kappa shape index (κ1) is 26.1. The summed E-state index contributed by atoms with van der Waals surface area (Å²) in [6.07, 6.45) is 2.15. The number of hydrogen-bond acceptors (Lipinski definition) is 7. The molecule has 11 nitrogen and oxygen atoms in total. The molecule has 2 atom stereocenters. The molecule has 3 amide bonds. The second-order valence-corrected chi connectivity index (χ2v) is 9.56. The summed E-state index contributed by atoms with van der Waals surface area (Å²) >= 11 is 0. The highest BCUT2D eigenvalue weighted by Crippen LogP contribution is 2.29. The van der Waals surface area contributed by atoms with Crippen molar-refractivity contribution in [2.75, 3.05) is 26.8 Å². The van der Waals surface area contributed by atoms with Gasteiger partial charge in [0.2, 0.25) is 5.91 Å². The lowest BCUT2D eigenvalue weighted by Gasteiger charge is -2.21. The summed E-state index contributed by atoms with van der Waals surface area (Å²) in [5.41, 5.74) is 2.20. The van der Waals surface area contributed by atoms with Crippen molar-refractivity contribution >= 4 is 17.7 Å². The van der Waals surface area contributed by atoms with E-state index in [0.29, 0.717) is 49.5 Å². The number of fused-ring (bicyclic) bond motifs is 7. The number of carbonyl (C=O) groups excluding carboxylic acids is 3. The Labute approximate surface area is 226 Å². The standard InChI is InChI=1S/C28H31N5O6/c1-32-20(11-12-30-32)6-10-27(35)33-15-22-25(16-33)39-21-7-3-18(4-8-21)14-29-26(34)17-38-24-13-19(28(36)31-22)5-9-23(24)37-2/h3-5,7-9,11-13,22,25H,6,10,14-17H2,1-2H3,(H,29,34)(H,31,36)/t22-,25-/m0/s1. The molecule has 0 saturated carbocycles. The second-order valence-electron chi connectivity index (χ2n) is 9.56. The lowest BCUT2D eigenvalue weighted by molar-refractivity contribution is -0.130. The first-order chi connectivity index (χ1) is 18.9. The summed E-state index contributed by atoms with van der Waals surface area (Å²) in [6.45, 7) is 0.745. The molecule has 2 N–H and O–H groups in total. The van der Waals surface area contributed by atoms with Gasteiger partial charge in [0, 0.05) is 44.0 Å². The molecule has 1 aromatic heterocycles. The number of nitrogens with one attached hydrogen (secondary N) is 2. The summed E-state index contributed by atoms with van der Waals surface area (Å²) in [6, 6.07) is 13.6. The number of rotatable bonds is 4. The number of benzene rings is 2. The number of likely N-dealkylation sites (tertiary alicyclic amines) is 1. The summed E-state index contributed by atoms with van der Waals surface area (Å²) in [7, 11) is 3.34. The van der Waals surface area contributed by atoms with Gasteiger partial charge in [-0.15, -0.1) is 0 Å². The van der Waals surface area contributed by atoms with Crippen LogP contribution in [-0.4, -0.2) is 71.4 Å². The molecular formula is C28H31N5O6. The first-order valence-electron chi connectivity index (χ1n) is 12.8. The van der Waals surface area contributed by atoms with E-state index in [1.54, 1.807) is 27.9 Å². The van der Waals surface area contributed by atoms with E-state index in [9.17, 15) is 14.4 Å². The Morgan fingerprint density at radius 1 is 1.13 bits per heavy atom. The normalized spacial score (nSPS) is 19.3. The molecule has 4 bridgehead atoms. The van der Waals surface area contributed by atoms with Gasteiger partial charge in [0.25, 0.3) is 11.8 Å². The predicted molar refractivity (Wildman–Crippen MR) is 141 cm³/mol. The van der Waals surface area contributed by atoms with Crippen molar-refractivity contribution in [2.45, 2.75) is 31.5 Å². The van der Waals surface area contributed by atoms with Crippen LogP contribution in [-0.2, 0) is 29.6 Å². The molecule has 3 aromatic rings. The second kappa shape index (κ2) is 11.5. The van der Waals surface area contributed by atoms with Crippen LogP contribution in [0.2, 0.25) is 0 Å². The molecule has 39 heavy (non-hydrogen) atoms. The Morgan fingerprint density at radius 3 is 2.69 bits per heavy atom. The van der Waals surface area contributed by atoms with Crippen LogP contribution < -0.4 is 24.8 Å². The molecule has 4 heterocycles. The summed E-state index contributed by atoms with van der Waals surface area (Å²) in [5.74, 6) is 0.612. The van der Waals surface area contributed by atoms with E-state index < -0.39 is 12.1 Å². The largest absolute Gasteiger partial charge is 0.493 e. The van der Waals surface area contributed by atoms with Crippen LogP contribution in [0.1, 0.15) is 28.0 Å². The topological polar surface area (TPSA) is 124 Å². The Bertz CT molecular complexity index is 1350. The third-order valence-corrected chi connectivity index (χ3v) is 6.94. The van der Waals surface area contributed by atoms with Crippen LogP contribution in [0.4, 0.5) is 0 Å². The number of methoxy groups -OCH3 is 1. The Kier molecular flexibility index (Phi) is 7.67. The van der Waals surface area contributed by atoms with Crippen molar-refractivity contribution in [3.8, 4) is 17.2 Å². The maximum atomic E-state index is 13.3. The average molecular weight is 534 g/mol. The zero-order valence-corrected chi connectivity index (χ0v) is 21.9. The van der Waals surface area contributed by atoms with E-state index in [-0.39, 0.29) is 30.1 Å². The van der Waals surface area contributed by atoms with Gasteiger partial charge in [-0.25, -0.2) is 0 Å². The minimum Gasteiger partial charge on any atom is -0.493 e. The van der Waals surface area contributed by atoms with Crippen molar-refractivity contribution in [1.29, 1.82) is 0 Å². The van der Waals surface area contributed by atoms with Crippen molar-refractivity contribution in [3.63, 3.8) is 0 Å². The molecule has 204 valence electrons. The van der Waals surface area contributed by atoms with Gasteiger partial charge >= 0.3 is 0 Å². The molecule has 1 saturated heterocycles. The summed E-state index contributed by atoms with van der Waals surface area (Å²) < 4.78 is 19.1. The number of carbonyl (C=O) groups is 3. The minimum atomic E-state index is -0.454. The number of ether oxygens (including phenoxy) is 3. The van der Waals surface area contributed by atoms with Crippen LogP contribution in [0.25, 0.3) is 0 Å². The van der Waals surface area contributed by atoms with Crippen LogP contribution in [0.5, 0.6) is 17.2 Å². The van der Waals surface area contributed by atoms with Crippen molar-refractivity contribution in [1.82, 2.24) is 25.3 Å². The van der Waals surface area contributed by atoms with Gasteiger partial charge in [-0.3, -0.25) is 19.1 Å². The maximum Gasteiger partial charge on any atom is 0.258 e. The van der Waals surface area contributed by atoms with Crippen LogP contribution in [0.15, 0.2) is 54.7 Å². The van der Waals surface area contributed by atoms with E-state index in [2.05, 4.69) is 15.7 Å². The van der Waals surface area contributed by atoms with Crippen molar-refractivity contribution < 1.29 is 28.6 Å². The molecule has 1 fully saturated rings. The number of hydrogen-bond donors (Lipinski definition) is 2. The zero-order chi connectivity index (χ0) is 27.4. The fraction of sp³-hybridized carbons (Fsp3) is 0.357. The molecule has 3 aliphatic rings. The summed E-state index contributed by atoms with van der Waals surface area (Å²) in [5, 5.41) is 10.0. The van der Waals surface area contributed by atoms with Gasteiger partial charge in [-0.2, -0.15) is 5.10 Å². The van der Waals surface area contributed by atoms with E-state index >= 15 is 0 Å². The molecule has 0 spiro atoms. The van der Waals surface area contributed by atoms with Crippen LogP contribution in [0, 0.1) is 0 Å². The SMILES string of the molecule is COc1ccc2cc1OCC(=O)NCc1ccc(cc1)O[C@H]1CN(C(=O)CCc3ccnn3C)C[C@@H]1NC2=O. The lowest BCUT2D eigenvalue weighted by atomic mass is 10.1. The number of amides is 3. The Balaban J connectivity index is 1.38. The molecule has 6 rings (SSSR count). The fourth-order valence-corrected chi connectivity index (χ4v) is 4.71. The number of aryl methyl sites for hydroxylation is 2. The molecule has 0 radical (unpaired) electrons. The molecule has 3 aliphatic heterocycles. The smallest absolute Gasteiger partial charge is 0.258 e. The number of nitrogens with zero attached hydrogens (tertiary/aromatic N) is 3. The van der Waals surface area contributed by atoms with Crippen LogP contribution in [0.3, 0.4) is 0 Å². The molecular weight excluding hydrogens is 502 g/mol. The van der Waals surface area contributed by atoms with Crippen LogP contribution >= 0.6 is 0 Å². The minimum absolute atomic E-state index is 0.0186. The average Bonchev–Trinajstić information content (AvgIpc) is 3.54. The van der Waals surface area contributed by atoms with Gasteiger partial charge in [0.15, 0.2) is 18.1 Å². The zero-order valence-electron chi connectivity index (χ0n) is 21.9. The third-order valence-electron chi connectivity index (χ3n) is 6.94. The van der Waals surface area contributed by atoms with E-state index in [1.807, 2.05) is 37.4 Å². The maximum absolute atomic E-state index is 13.3. The fourth-order valence-electron chi connectivity index (χ4n) is 4.71. The van der Waals surface area contributed by atoms with E-state index in [0.717, 1.165) is 11.3 Å². The van der Waals surface area contributed by atoms with Gasteiger partial charge in [-0.05, 0) is 48.4 Å². The molecule has 2 aromatic carbocycles. The van der Waals surface area contributed by atoms with Gasteiger partial charge in [0.1, 0.15) is 11.9 Å². The monoisotopic (exact) mass is 533 g/mol.